The van der Waals surface area contributed by atoms with Crippen molar-refractivity contribution < 1.29 is 26.7 Å². The van der Waals surface area contributed by atoms with Crippen molar-refractivity contribution in [1.29, 1.82) is 5.26 Å². The fourth-order valence-corrected chi connectivity index (χ4v) is 6.03. The van der Waals surface area contributed by atoms with E-state index in [2.05, 4.69) is 21.4 Å². The van der Waals surface area contributed by atoms with Gasteiger partial charge >= 0.3 is 0 Å². The average molecular weight is 565 g/mol. The number of carbonyl (C=O) groups excluding carboxylic acids is 1. The van der Waals surface area contributed by atoms with Crippen LogP contribution in [0.15, 0.2) is 17.0 Å². The third-order valence-corrected chi connectivity index (χ3v) is 8.88. The predicted octanol–water partition coefficient (Wildman–Crippen LogP) is 1.31. The van der Waals surface area contributed by atoms with Crippen molar-refractivity contribution in [1.82, 2.24) is 24.9 Å². The maximum atomic E-state index is 13.3. The Morgan fingerprint density at radius 2 is 1.92 bits per heavy atom. The smallest absolute Gasteiger partial charge is 0.291 e. The van der Waals surface area contributed by atoms with Gasteiger partial charge in [0.1, 0.15) is 5.41 Å². The molecule has 0 radical (unpaired) electrons. The minimum Gasteiger partial charge on any atom is -0.377 e. The molecule has 2 aliphatic heterocycles. The van der Waals surface area contributed by atoms with Gasteiger partial charge in [-0.25, -0.2) is 27.0 Å². The molecule has 3 fully saturated rings. The Hall–Kier alpha value is -3.26. The van der Waals surface area contributed by atoms with Gasteiger partial charge in [0.05, 0.1) is 35.4 Å². The summed E-state index contributed by atoms with van der Waals surface area (Å²) in [5.41, 5.74) is -0.105. The number of piperazine rings is 1. The molecule has 12 nitrogen and oxygen atoms in total. The first-order valence-corrected chi connectivity index (χ1v) is 14.2. The summed E-state index contributed by atoms with van der Waals surface area (Å²) >= 11 is 0.609. The number of rotatable bonds is 6. The van der Waals surface area contributed by atoms with Gasteiger partial charge in [0.15, 0.2) is 5.01 Å². The zero-order valence-corrected chi connectivity index (χ0v) is 21.5. The minimum absolute atomic E-state index is 0.0118. The van der Waals surface area contributed by atoms with Gasteiger partial charge in [-0.1, -0.05) is 11.3 Å². The number of sulfonamides is 1. The number of halogens is 2. The summed E-state index contributed by atoms with van der Waals surface area (Å²) in [6.45, 7) is 1.84. The number of hydrogen-bond acceptors (Lipinski definition) is 10. The molecule has 1 amide bonds. The van der Waals surface area contributed by atoms with Crippen LogP contribution in [0, 0.1) is 17.2 Å². The molecule has 2 saturated heterocycles. The van der Waals surface area contributed by atoms with Crippen LogP contribution < -0.4 is 10.0 Å². The van der Waals surface area contributed by atoms with E-state index in [-0.39, 0.29) is 40.6 Å². The van der Waals surface area contributed by atoms with Crippen LogP contribution in [0.4, 0.5) is 14.5 Å². The van der Waals surface area contributed by atoms with Gasteiger partial charge in [-0.2, -0.15) is 10.4 Å². The summed E-state index contributed by atoms with van der Waals surface area (Å²) < 4.78 is 58.1. The lowest BCUT2D eigenvalue weighted by Crippen LogP contribution is -2.49. The lowest BCUT2D eigenvalue weighted by atomic mass is 9.82. The number of primary sulfonamides is 1. The Balaban J connectivity index is 1.53. The highest BCUT2D eigenvalue weighted by atomic mass is 32.2. The summed E-state index contributed by atoms with van der Waals surface area (Å²) in [7, 11) is -4.19. The highest BCUT2D eigenvalue weighted by Gasteiger charge is 2.46. The maximum Gasteiger partial charge on any atom is 0.291 e. The number of nitrogens with two attached hydrogens (primary N) is 1. The first-order valence-electron chi connectivity index (χ1n) is 11.9. The van der Waals surface area contributed by atoms with E-state index < -0.39 is 26.9 Å². The number of carbonyl (C=O) groups is 1. The lowest BCUT2D eigenvalue weighted by molar-refractivity contribution is -0.132. The van der Waals surface area contributed by atoms with E-state index in [0.29, 0.717) is 54.3 Å². The third-order valence-electron chi connectivity index (χ3n) is 7.08. The Morgan fingerprint density at radius 1 is 1.21 bits per heavy atom. The molecule has 0 spiro atoms. The minimum atomic E-state index is -4.19. The number of nitriles is 1. The Kier molecular flexibility index (Phi) is 5.87. The topological polar surface area (TPSA) is 160 Å². The van der Waals surface area contributed by atoms with E-state index in [1.54, 1.807) is 0 Å². The molecule has 0 unspecified atom stereocenters. The second kappa shape index (κ2) is 8.90. The monoisotopic (exact) mass is 564 g/mol. The third kappa shape index (κ3) is 4.10. The lowest BCUT2D eigenvalue weighted by Gasteiger charge is -2.38. The van der Waals surface area contributed by atoms with E-state index in [4.69, 9.17) is 9.88 Å². The van der Waals surface area contributed by atoms with Crippen LogP contribution in [-0.4, -0.2) is 78.6 Å². The SMILES string of the molecule is N#CC1(c2nn(-c3nnc(C(F)F)s3)c3cc(S(N)(=O)=O)cc(N4CCN(C(=O)C5CC5)CC4)c23)COC1. The van der Waals surface area contributed by atoms with Crippen molar-refractivity contribution in [3.8, 4) is 11.2 Å². The molecule has 1 aromatic carbocycles. The molecule has 3 aromatic rings. The molecule has 2 N–H and O–H groups in total. The molecule has 4 heterocycles. The molecule has 38 heavy (non-hydrogen) atoms. The maximum absolute atomic E-state index is 13.3. The molecule has 0 bridgehead atoms. The summed E-state index contributed by atoms with van der Waals surface area (Å²) in [5.74, 6) is 0.214. The average Bonchev–Trinajstić information content (AvgIpc) is 3.47. The first-order chi connectivity index (χ1) is 18.1. The molecule has 2 aromatic heterocycles. The Morgan fingerprint density at radius 3 is 2.45 bits per heavy atom. The van der Waals surface area contributed by atoms with Crippen LogP contribution in [0.1, 0.15) is 30.0 Å². The zero-order valence-electron chi connectivity index (χ0n) is 19.9. The van der Waals surface area contributed by atoms with Crippen LogP contribution in [0.2, 0.25) is 0 Å². The number of fused-ring (bicyclic) bond motifs is 1. The number of benzene rings is 1. The molecule has 6 rings (SSSR count). The quantitative estimate of drug-likeness (QED) is 0.466. The van der Waals surface area contributed by atoms with Crippen LogP contribution in [0.3, 0.4) is 0 Å². The number of nitrogens with zero attached hydrogens (tertiary/aromatic N) is 7. The normalized spacial score (nSPS) is 19.6. The van der Waals surface area contributed by atoms with Gasteiger partial charge in [-0.05, 0) is 25.0 Å². The molecular weight excluding hydrogens is 542 g/mol. The van der Waals surface area contributed by atoms with Gasteiger partial charge in [-0.15, -0.1) is 10.2 Å². The van der Waals surface area contributed by atoms with E-state index in [1.165, 1.54) is 16.8 Å². The van der Waals surface area contributed by atoms with Crippen molar-refractivity contribution in [3.63, 3.8) is 0 Å². The molecular formula is C22H22F2N8O4S2. The predicted molar refractivity (Wildman–Crippen MR) is 130 cm³/mol. The largest absolute Gasteiger partial charge is 0.377 e. The Bertz CT molecular complexity index is 1580. The van der Waals surface area contributed by atoms with E-state index in [0.717, 1.165) is 12.8 Å². The standard InChI is InChI=1S/C22H22F2N8O4S2/c23-18(24)19-27-28-21(37-19)32-15-8-13(38(26,34)35)7-14(16(15)17(29-32)22(9-25)10-36-11-22)30-3-5-31(6-4-30)20(33)12-1-2-12/h7-8,12,18H,1-6,10-11H2,(H2,26,34,35). The second-order valence-electron chi connectivity index (χ2n) is 9.64. The number of anilines is 1. The highest BCUT2D eigenvalue weighted by Crippen LogP contribution is 2.43. The zero-order chi connectivity index (χ0) is 26.8. The molecule has 3 aliphatic rings. The van der Waals surface area contributed by atoms with Gasteiger partial charge in [-0.3, -0.25) is 4.79 Å². The van der Waals surface area contributed by atoms with Crippen LogP contribution >= 0.6 is 11.3 Å². The molecule has 1 aliphatic carbocycles. The Labute approximate surface area is 219 Å². The van der Waals surface area contributed by atoms with Crippen LogP contribution in [0.25, 0.3) is 16.0 Å². The molecule has 200 valence electrons. The second-order valence-corrected chi connectivity index (χ2v) is 12.2. The van der Waals surface area contributed by atoms with E-state index in [1.807, 2.05) is 9.80 Å². The summed E-state index contributed by atoms with van der Waals surface area (Å²) in [6.07, 6.45) is -1.05. The van der Waals surface area contributed by atoms with Gasteiger partial charge in [0, 0.05) is 43.2 Å². The number of aromatic nitrogens is 4. The summed E-state index contributed by atoms with van der Waals surface area (Å²) in [4.78, 5) is 16.1. The van der Waals surface area contributed by atoms with Crippen molar-refractivity contribution in [3.05, 3.63) is 22.8 Å². The van der Waals surface area contributed by atoms with E-state index in [9.17, 15) is 27.3 Å². The van der Waals surface area contributed by atoms with Crippen molar-refractivity contribution in [2.24, 2.45) is 11.1 Å². The van der Waals surface area contributed by atoms with Crippen molar-refractivity contribution >= 4 is 43.9 Å². The number of alkyl halides is 2. The van der Waals surface area contributed by atoms with Crippen molar-refractivity contribution in [2.75, 3.05) is 44.3 Å². The highest BCUT2D eigenvalue weighted by molar-refractivity contribution is 7.89. The first kappa shape index (κ1) is 25.0. The van der Waals surface area contributed by atoms with Crippen LogP contribution in [0.5, 0.6) is 0 Å². The molecule has 16 heteroatoms. The summed E-state index contributed by atoms with van der Waals surface area (Å²) in [5, 5.41) is 27.5. The number of hydrogen-bond donors (Lipinski definition) is 1. The molecule has 0 atom stereocenters. The van der Waals surface area contributed by atoms with Crippen molar-refractivity contribution in [2.45, 2.75) is 29.6 Å². The fraction of sp³-hybridized carbons (Fsp3) is 0.500. The van der Waals surface area contributed by atoms with E-state index >= 15 is 0 Å². The van der Waals surface area contributed by atoms with Crippen LogP contribution in [-0.2, 0) is 25.0 Å². The fourth-order valence-electron chi connectivity index (χ4n) is 4.81. The van der Waals surface area contributed by atoms with Gasteiger partial charge < -0.3 is 14.5 Å². The number of amides is 1. The van der Waals surface area contributed by atoms with Gasteiger partial charge in [0.2, 0.25) is 21.1 Å². The molecule has 1 saturated carbocycles. The summed E-state index contributed by atoms with van der Waals surface area (Å²) in [6, 6.07) is 4.99. The van der Waals surface area contributed by atoms with Gasteiger partial charge in [0.25, 0.3) is 6.43 Å². The number of ether oxygens (including phenoxy) is 1.